The van der Waals surface area contributed by atoms with Gasteiger partial charge in [0.25, 0.3) is 0 Å². The lowest BCUT2D eigenvalue weighted by molar-refractivity contribution is -0.219. The van der Waals surface area contributed by atoms with E-state index in [1.807, 2.05) is 0 Å². The van der Waals surface area contributed by atoms with Crippen molar-refractivity contribution in [1.29, 1.82) is 0 Å². The van der Waals surface area contributed by atoms with Gasteiger partial charge in [0.15, 0.2) is 6.04 Å². The summed E-state index contributed by atoms with van der Waals surface area (Å²) in [4.78, 5) is 38.7. The smallest absolute Gasteiger partial charge is 0.508 e. The standard InChI is InChI=1S/C29H31ClN4O8/c1-29(2,3)41-28(37)42-33(18-40-34-25-16-21(30)9-14-24(25)31-32-34)26(15-19-5-10-22(35)11-6-19)27(36)39-17-20-7-12-23(38-4)13-8-20/h5-14,16,26,35H,15,17-18H2,1-4H3/t26-/m1/s1. The number of rotatable bonds is 11. The molecule has 0 unspecified atom stereocenters. The number of ether oxygens (including phenoxy) is 3. The first-order chi connectivity index (χ1) is 20.0. The largest absolute Gasteiger partial charge is 0.528 e. The van der Waals surface area contributed by atoms with Crippen molar-refractivity contribution in [2.24, 2.45) is 0 Å². The zero-order valence-corrected chi connectivity index (χ0v) is 24.3. The molecule has 222 valence electrons. The molecule has 42 heavy (non-hydrogen) atoms. The molecule has 4 rings (SSSR count). The second-order valence-corrected chi connectivity index (χ2v) is 10.6. The van der Waals surface area contributed by atoms with Gasteiger partial charge in [-0.15, -0.1) is 5.10 Å². The fraction of sp³-hybridized carbons (Fsp3) is 0.310. The number of aromatic nitrogens is 3. The molecule has 0 aliphatic rings. The number of phenolic OH excluding ortho intramolecular Hbond substituents is 1. The van der Waals surface area contributed by atoms with Crippen molar-refractivity contribution in [3.8, 4) is 11.5 Å². The molecule has 0 fully saturated rings. The quantitative estimate of drug-likeness (QED) is 0.146. The van der Waals surface area contributed by atoms with Crippen LogP contribution in [0.5, 0.6) is 11.5 Å². The minimum Gasteiger partial charge on any atom is -0.508 e. The van der Waals surface area contributed by atoms with Gasteiger partial charge in [-0.2, -0.15) is 0 Å². The average Bonchev–Trinajstić information content (AvgIpc) is 3.35. The van der Waals surface area contributed by atoms with E-state index >= 15 is 0 Å². The van der Waals surface area contributed by atoms with Gasteiger partial charge < -0.3 is 29.0 Å². The van der Waals surface area contributed by atoms with Gasteiger partial charge in [0.2, 0.25) is 6.73 Å². The van der Waals surface area contributed by atoms with Crippen molar-refractivity contribution in [2.45, 2.75) is 45.4 Å². The van der Waals surface area contributed by atoms with E-state index in [9.17, 15) is 14.7 Å². The predicted octanol–water partition coefficient (Wildman–Crippen LogP) is 4.71. The molecule has 13 heteroatoms. The Balaban J connectivity index is 1.61. The van der Waals surface area contributed by atoms with E-state index in [-0.39, 0.29) is 18.8 Å². The Bertz CT molecular complexity index is 1500. The number of carbonyl (C=O) groups is 2. The van der Waals surface area contributed by atoms with Crippen LogP contribution in [-0.4, -0.2) is 62.9 Å². The number of hydrogen-bond acceptors (Lipinski definition) is 11. The fourth-order valence-electron chi connectivity index (χ4n) is 3.75. The van der Waals surface area contributed by atoms with Crippen molar-refractivity contribution in [2.75, 3.05) is 13.8 Å². The highest BCUT2D eigenvalue weighted by Gasteiger charge is 2.34. The number of fused-ring (bicyclic) bond motifs is 1. The van der Waals surface area contributed by atoms with Crippen LogP contribution in [-0.2, 0) is 32.1 Å². The van der Waals surface area contributed by atoms with Gasteiger partial charge in [0, 0.05) is 11.4 Å². The summed E-state index contributed by atoms with van der Waals surface area (Å²) < 4.78 is 16.1. The number of methoxy groups -OCH3 is 1. The number of aromatic hydroxyl groups is 1. The summed E-state index contributed by atoms with van der Waals surface area (Å²) >= 11 is 6.13. The second kappa shape index (κ2) is 13.4. The minimum absolute atomic E-state index is 0.0256. The summed E-state index contributed by atoms with van der Waals surface area (Å²) in [6.45, 7) is 4.51. The van der Waals surface area contributed by atoms with E-state index in [1.165, 1.54) is 12.1 Å². The summed E-state index contributed by atoms with van der Waals surface area (Å²) in [6, 6.07) is 17.0. The lowest BCUT2D eigenvalue weighted by Gasteiger charge is -2.29. The fourth-order valence-corrected chi connectivity index (χ4v) is 3.92. The van der Waals surface area contributed by atoms with Gasteiger partial charge in [-0.1, -0.05) is 45.8 Å². The summed E-state index contributed by atoms with van der Waals surface area (Å²) in [5.41, 5.74) is 1.46. The van der Waals surface area contributed by atoms with Gasteiger partial charge in [0.1, 0.15) is 34.7 Å². The SMILES string of the molecule is COc1ccc(COC(=O)[C@@H](Cc2ccc(O)cc2)N(COn2nnc3ccc(Cl)cc32)OC(=O)OC(C)(C)C)cc1. The first-order valence-corrected chi connectivity index (χ1v) is 13.3. The number of nitrogens with zero attached hydrogens (tertiary/aromatic N) is 4. The Morgan fingerprint density at radius 2 is 1.71 bits per heavy atom. The molecule has 0 radical (unpaired) electrons. The number of carbonyl (C=O) groups excluding carboxylic acids is 2. The number of hydrogen-bond donors (Lipinski definition) is 1. The van der Waals surface area contributed by atoms with Crippen LogP contribution in [0.1, 0.15) is 31.9 Å². The van der Waals surface area contributed by atoms with Gasteiger partial charge in [-0.3, -0.25) is 4.79 Å². The van der Waals surface area contributed by atoms with Gasteiger partial charge in [0.05, 0.1) is 7.11 Å². The van der Waals surface area contributed by atoms with Gasteiger partial charge >= 0.3 is 12.1 Å². The first kappa shape index (κ1) is 30.4. The molecule has 0 saturated heterocycles. The summed E-state index contributed by atoms with van der Waals surface area (Å²) in [7, 11) is 1.56. The van der Waals surface area contributed by atoms with Crippen LogP contribution in [0.2, 0.25) is 5.02 Å². The monoisotopic (exact) mass is 598 g/mol. The summed E-state index contributed by atoms with van der Waals surface area (Å²) in [5.74, 6) is 0.00290. The average molecular weight is 599 g/mol. The van der Waals surface area contributed by atoms with Crippen molar-refractivity contribution in [3.05, 3.63) is 82.9 Å². The molecule has 12 nitrogen and oxygen atoms in total. The number of benzene rings is 3. The molecule has 1 N–H and O–H groups in total. The van der Waals surface area contributed by atoms with Crippen molar-refractivity contribution >= 4 is 34.8 Å². The molecule has 0 spiro atoms. The zero-order valence-electron chi connectivity index (χ0n) is 23.5. The van der Waals surface area contributed by atoms with E-state index < -0.39 is 30.5 Å². The Kier molecular flexibility index (Phi) is 9.71. The van der Waals surface area contributed by atoms with E-state index in [0.717, 1.165) is 9.91 Å². The molecule has 0 bridgehead atoms. The topological polar surface area (TPSA) is 134 Å². The molecule has 1 aromatic heterocycles. The predicted molar refractivity (Wildman–Crippen MR) is 152 cm³/mol. The Hall–Kier alpha value is -4.55. The highest BCUT2D eigenvalue weighted by Crippen LogP contribution is 2.20. The summed E-state index contributed by atoms with van der Waals surface area (Å²) in [5, 5.41) is 19.2. The Labute approximate surface area is 247 Å². The summed E-state index contributed by atoms with van der Waals surface area (Å²) in [6.07, 6.45) is -1.03. The van der Waals surface area contributed by atoms with E-state index in [1.54, 1.807) is 82.5 Å². The molecule has 0 aliphatic heterocycles. The normalized spacial score (nSPS) is 12.1. The maximum atomic E-state index is 13.6. The second-order valence-electron chi connectivity index (χ2n) is 10.2. The molecule has 0 aliphatic carbocycles. The molecule has 4 aromatic rings. The molecule has 1 heterocycles. The van der Waals surface area contributed by atoms with Gasteiger partial charge in [-0.05, 0) is 79.6 Å². The van der Waals surface area contributed by atoms with Crippen molar-refractivity contribution in [3.63, 3.8) is 0 Å². The minimum atomic E-state index is -1.20. The first-order valence-electron chi connectivity index (χ1n) is 12.9. The van der Waals surface area contributed by atoms with Crippen LogP contribution in [0.4, 0.5) is 4.79 Å². The molecule has 1 atom stereocenters. The van der Waals surface area contributed by atoms with E-state index in [4.69, 9.17) is 35.5 Å². The highest BCUT2D eigenvalue weighted by atomic mass is 35.5. The van der Waals surface area contributed by atoms with E-state index in [0.29, 0.717) is 32.9 Å². The molecule has 3 aromatic carbocycles. The van der Waals surface area contributed by atoms with Crippen LogP contribution in [0, 0.1) is 0 Å². The lowest BCUT2D eigenvalue weighted by atomic mass is 10.1. The Morgan fingerprint density at radius 3 is 2.38 bits per heavy atom. The number of esters is 1. The van der Waals surface area contributed by atoms with Crippen molar-refractivity contribution in [1.82, 2.24) is 20.2 Å². The molecule has 0 amide bonds. The maximum absolute atomic E-state index is 13.6. The third kappa shape index (κ3) is 8.48. The third-order valence-corrected chi connectivity index (χ3v) is 6.03. The maximum Gasteiger partial charge on any atom is 0.528 e. The zero-order chi connectivity index (χ0) is 30.3. The third-order valence-electron chi connectivity index (χ3n) is 5.79. The number of halogens is 1. The highest BCUT2D eigenvalue weighted by molar-refractivity contribution is 6.31. The van der Waals surface area contributed by atoms with Crippen LogP contribution in [0.15, 0.2) is 66.7 Å². The van der Waals surface area contributed by atoms with Crippen LogP contribution < -0.4 is 9.57 Å². The van der Waals surface area contributed by atoms with E-state index in [2.05, 4.69) is 10.3 Å². The lowest BCUT2D eigenvalue weighted by Crippen LogP contribution is -2.48. The molecular formula is C29H31ClN4O8. The molecular weight excluding hydrogens is 568 g/mol. The van der Waals surface area contributed by atoms with Crippen LogP contribution in [0.25, 0.3) is 11.0 Å². The Morgan fingerprint density at radius 1 is 1.02 bits per heavy atom. The number of phenols is 1. The molecule has 0 saturated carbocycles. The van der Waals surface area contributed by atoms with Gasteiger partial charge in [-0.25, -0.2) is 4.79 Å². The van der Waals surface area contributed by atoms with Crippen molar-refractivity contribution < 1.29 is 38.6 Å². The van der Waals surface area contributed by atoms with Crippen LogP contribution in [0.3, 0.4) is 0 Å². The van der Waals surface area contributed by atoms with Crippen LogP contribution >= 0.6 is 11.6 Å². The number of hydroxylamine groups is 2.